The van der Waals surface area contributed by atoms with Gasteiger partial charge in [0.1, 0.15) is 0 Å². The first-order chi connectivity index (χ1) is 6.83. The van der Waals surface area contributed by atoms with Crippen LogP contribution in [0.5, 0.6) is 17.2 Å². The maximum absolute atomic E-state index is 9.61. The standard InChI is InChI=1S/C11H16O4/c1-11(2,14)6-7-4-8(12)10(13)9(5-7)15-3/h4-5,12-14H,6H2,1-3H3. The highest BCUT2D eigenvalue weighted by Crippen LogP contribution is 2.36. The fraction of sp³-hybridized carbons (Fsp3) is 0.455. The molecule has 0 aliphatic heterocycles. The fourth-order valence-corrected chi connectivity index (χ4v) is 1.41. The van der Waals surface area contributed by atoms with Gasteiger partial charge in [0.05, 0.1) is 12.7 Å². The van der Waals surface area contributed by atoms with Crippen molar-refractivity contribution < 1.29 is 20.1 Å². The molecule has 15 heavy (non-hydrogen) atoms. The molecule has 0 saturated heterocycles. The molecule has 3 N–H and O–H groups in total. The van der Waals surface area contributed by atoms with Crippen LogP contribution in [0.2, 0.25) is 0 Å². The number of ether oxygens (including phenoxy) is 1. The zero-order chi connectivity index (χ0) is 11.6. The van der Waals surface area contributed by atoms with E-state index in [0.717, 1.165) is 0 Å². The molecule has 0 saturated carbocycles. The van der Waals surface area contributed by atoms with Gasteiger partial charge in [-0.2, -0.15) is 0 Å². The van der Waals surface area contributed by atoms with Crippen molar-refractivity contribution in [2.24, 2.45) is 0 Å². The Morgan fingerprint density at radius 2 is 1.87 bits per heavy atom. The predicted octanol–water partition coefficient (Wildman–Crippen LogP) is 1.42. The number of phenols is 2. The van der Waals surface area contributed by atoms with Gasteiger partial charge in [0.15, 0.2) is 11.5 Å². The zero-order valence-corrected chi connectivity index (χ0v) is 9.11. The first-order valence-corrected chi connectivity index (χ1v) is 4.65. The van der Waals surface area contributed by atoms with Gasteiger partial charge in [-0.1, -0.05) is 0 Å². The molecule has 4 heteroatoms. The Kier molecular flexibility index (Phi) is 3.09. The average Bonchev–Trinajstić information content (AvgIpc) is 2.08. The molecule has 4 nitrogen and oxygen atoms in total. The lowest BCUT2D eigenvalue weighted by atomic mass is 9.98. The third-order valence-corrected chi connectivity index (χ3v) is 1.97. The summed E-state index contributed by atoms with van der Waals surface area (Å²) in [4.78, 5) is 0. The third-order valence-electron chi connectivity index (χ3n) is 1.97. The summed E-state index contributed by atoms with van der Waals surface area (Å²) >= 11 is 0. The van der Waals surface area contributed by atoms with Crippen LogP contribution in [0.4, 0.5) is 0 Å². The van der Waals surface area contributed by atoms with E-state index in [1.807, 2.05) is 0 Å². The van der Waals surface area contributed by atoms with Crippen molar-refractivity contribution in [2.45, 2.75) is 25.9 Å². The third kappa shape index (κ3) is 3.02. The minimum atomic E-state index is -0.867. The van der Waals surface area contributed by atoms with Crippen molar-refractivity contribution in [3.8, 4) is 17.2 Å². The van der Waals surface area contributed by atoms with Gasteiger partial charge in [-0.3, -0.25) is 0 Å². The van der Waals surface area contributed by atoms with Crippen LogP contribution in [0.25, 0.3) is 0 Å². The Morgan fingerprint density at radius 1 is 1.27 bits per heavy atom. The largest absolute Gasteiger partial charge is 0.504 e. The van der Waals surface area contributed by atoms with E-state index in [1.54, 1.807) is 19.9 Å². The quantitative estimate of drug-likeness (QED) is 0.663. The number of hydrogen-bond donors (Lipinski definition) is 3. The average molecular weight is 212 g/mol. The molecule has 0 heterocycles. The molecule has 0 aliphatic carbocycles. The highest BCUT2D eigenvalue weighted by Gasteiger charge is 2.16. The van der Waals surface area contributed by atoms with Gasteiger partial charge in [0.2, 0.25) is 5.75 Å². The van der Waals surface area contributed by atoms with Crippen molar-refractivity contribution in [1.82, 2.24) is 0 Å². The molecule has 0 bridgehead atoms. The second-order valence-electron chi connectivity index (χ2n) is 4.16. The van der Waals surface area contributed by atoms with E-state index in [1.165, 1.54) is 13.2 Å². The SMILES string of the molecule is COc1cc(CC(C)(C)O)cc(O)c1O. The Hall–Kier alpha value is -1.42. The summed E-state index contributed by atoms with van der Waals surface area (Å²) in [5.41, 5.74) is -0.163. The smallest absolute Gasteiger partial charge is 0.200 e. The van der Waals surface area contributed by atoms with Crippen molar-refractivity contribution in [3.63, 3.8) is 0 Å². The van der Waals surface area contributed by atoms with Gasteiger partial charge >= 0.3 is 0 Å². The second kappa shape index (κ2) is 3.98. The van der Waals surface area contributed by atoms with Crippen molar-refractivity contribution in [3.05, 3.63) is 17.7 Å². The Balaban J connectivity index is 3.06. The van der Waals surface area contributed by atoms with E-state index >= 15 is 0 Å². The van der Waals surface area contributed by atoms with E-state index in [2.05, 4.69) is 0 Å². The van der Waals surface area contributed by atoms with Crippen molar-refractivity contribution in [1.29, 1.82) is 0 Å². The minimum Gasteiger partial charge on any atom is -0.504 e. The molecule has 1 aromatic rings. The molecule has 0 spiro atoms. The molecule has 0 aliphatic rings. The first-order valence-electron chi connectivity index (χ1n) is 4.65. The van der Waals surface area contributed by atoms with Crippen LogP contribution in [0.3, 0.4) is 0 Å². The van der Waals surface area contributed by atoms with E-state index in [4.69, 9.17) is 4.74 Å². The van der Waals surface area contributed by atoms with Crippen LogP contribution in [0, 0.1) is 0 Å². The van der Waals surface area contributed by atoms with E-state index in [0.29, 0.717) is 12.0 Å². The summed E-state index contributed by atoms with van der Waals surface area (Å²) in [6.45, 7) is 3.34. The summed E-state index contributed by atoms with van der Waals surface area (Å²) < 4.78 is 4.89. The molecule has 84 valence electrons. The molecule has 0 unspecified atom stereocenters. The summed E-state index contributed by atoms with van der Waals surface area (Å²) in [6.07, 6.45) is 0.372. The number of methoxy groups -OCH3 is 1. The molecular weight excluding hydrogens is 196 g/mol. The highest BCUT2D eigenvalue weighted by molar-refractivity contribution is 5.52. The maximum atomic E-state index is 9.61. The van der Waals surface area contributed by atoms with Gasteiger partial charge < -0.3 is 20.1 Å². The lowest BCUT2D eigenvalue weighted by Crippen LogP contribution is -2.21. The Bertz CT molecular complexity index is 352. The van der Waals surface area contributed by atoms with Gasteiger partial charge in [0, 0.05) is 6.42 Å². The molecule has 0 radical (unpaired) electrons. The molecule has 0 aromatic heterocycles. The molecule has 0 fully saturated rings. The van der Waals surface area contributed by atoms with Crippen LogP contribution in [-0.4, -0.2) is 28.0 Å². The minimum absolute atomic E-state index is 0.203. The van der Waals surface area contributed by atoms with Crippen LogP contribution in [-0.2, 0) is 6.42 Å². The lowest BCUT2D eigenvalue weighted by Gasteiger charge is -2.18. The fourth-order valence-electron chi connectivity index (χ4n) is 1.41. The zero-order valence-electron chi connectivity index (χ0n) is 9.11. The van der Waals surface area contributed by atoms with E-state index in [-0.39, 0.29) is 17.2 Å². The molecule has 0 atom stereocenters. The van der Waals surface area contributed by atoms with E-state index < -0.39 is 5.60 Å². The van der Waals surface area contributed by atoms with Crippen molar-refractivity contribution >= 4 is 0 Å². The van der Waals surface area contributed by atoms with Crippen molar-refractivity contribution in [2.75, 3.05) is 7.11 Å². The van der Waals surface area contributed by atoms with Crippen LogP contribution >= 0.6 is 0 Å². The lowest BCUT2D eigenvalue weighted by molar-refractivity contribution is 0.0809. The summed E-state index contributed by atoms with van der Waals surface area (Å²) in [7, 11) is 1.41. The summed E-state index contributed by atoms with van der Waals surface area (Å²) in [5, 5.41) is 28.4. The number of aromatic hydroxyl groups is 2. The number of rotatable bonds is 3. The predicted molar refractivity (Wildman–Crippen MR) is 56.3 cm³/mol. The van der Waals surface area contributed by atoms with Crippen LogP contribution in [0.1, 0.15) is 19.4 Å². The van der Waals surface area contributed by atoms with Crippen LogP contribution in [0.15, 0.2) is 12.1 Å². The van der Waals surface area contributed by atoms with Crippen LogP contribution < -0.4 is 4.74 Å². The summed E-state index contributed by atoms with van der Waals surface area (Å²) in [5.74, 6) is -0.320. The van der Waals surface area contributed by atoms with E-state index in [9.17, 15) is 15.3 Å². The topological polar surface area (TPSA) is 69.9 Å². The number of phenolic OH excluding ortho intramolecular Hbond substituents is 2. The molecule has 0 amide bonds. The molecule has 1 aromatic carbocycles. The molecule has 1 rings (SSSR count). The Labute approximate surface area is 88.8 Å². The summed E-state index contributed by atoms with van der Waals surface area (Å²) in [6, 6.07) is 3.00. The Morgan fingerprint density at radius 3 is 2.33 bits per heavy atom. The highest BCUT2D eigenvalue weighted by atomic mass is 16.5. The second-order valence-corrected chi connectivity index (χ2v) is 4.16. The number of benzene rings is 1. The normalized spacial score (nSPS) is 11.5. The van der Waals surface area contributed by atoms with Gasteiger partial charge in [-0.05, 0) is 31.5 Å². The number of aliphatic hydroxyl groups is 1. The van der Waals surface area contributed by atoms with Gasteiger partial charge in [0.25, 0.3) is 0 Å². The molecular formula is C11H16O4. The van der Waals surface area contributed by atoms with Gasteiger partial charge in [-0.25, -0.2) is 0 Å². The monoisotopic (exact) mass is 212 g/mol. The first kappa shape index (κ1) is 11.7. The van der Waals surface area contributed by atoms with Gasteiger partial charge in [-0.15, -0.1) is 0 Å². The number of hydrogen-bond acceptors (Lipinski definition) is 4. The maximum Gasteiger partial charge on any atom is 0.200 e.